The summed E-state index contributed by atoms with van der Waals surface area (Å²) in [6.07, 6.45) is 8.01. The summed E-state index contributed by atoms with van der Waals surface area (Å²) in [6.45, 7) is 0.925. The number of nitriles is 1. The highest BCUT2D eigenvalue weighted by molar-refractivity contribution is 8.00. The van der Waals surface area contributed by atoms with Gasteiger partial charge in [-0.05, 0) is 50.0 Å². The van der Waals surface area contributed by atoms with Gasteiger partial charge in [0, 0.05) is 17.0 Å². The zero-order valence-corrected chi connectivity index (χ0v) is 11.4. The lowest BCUT2D eigenvalue weighted by Gasteiger charge is -2.15. The van der Waals surface area contributed by atoms with E-state index >= 15 is 0 Å². The van der Waals surface area contributed by atoms with E-state index < -0.39 is 0 Å². The van der Waals surface area contributed by atoms with Crippen LogP contribution in [0.3, 0.4) is 0 Å². The molecule has 3 nitrogen and oxygen atoms in total. The average Bonchev–Trinajstić information content (AvgIpc) is 3.05. The molecule has 0 bridgehead atoms. The number of rotatable bonds is 4. The Hall–Kier alpha value is -1.21. The Kier molecular flexibility index (Phi) is 2.95. The molecule has 94 valence electrons. The van der Waals surface area contributed by atoms with Crippen molar-refractivity contribution in [2.75, 3.05) is 18.1 Å². The third-order valence-corrected chi connectivity index (χ3v) is 5.41. The van der Waals surface area contributed by atoms with Crippen molar-refractivity contribution >= 4 is 17.6 Å². The number of nitrogens with one attached hydrogen (secondary N) is 1. The lowest BCUT2D eigenvalue weighted by molar-refractivity contribution is 0.896. The number of anilines is 1. The normalized spacial score (nSPS) is 19.1. The first kappa shape index (κ1) is 11.9. The van der Waals surface area contributed by atoms with E-state index in [1.807, 2.05) is 17.8 Å². The van der Waals surface area contributed by atoms with Crippen LogP contribution >= 0.6 is 11.8 Å². The Balaban J connectivity index is 1.81. The van der Waals surface area contributed by atoms with Crippen molar-refractivity contribution in [2.24, 2.45) is 0 Å². The maximum Gasteiger partial charge on any atom is 0.144 e. The molecule has 0 saturated heterocycles. The monoisotopic (exact) mass is 259 g/mol. The maximum atomic E-state index is 9.22. The highest BCUT2D eigenvalue weighted by Crippen LogP contribution is 2.47. The number of nitrogens with zero attached hydrogens (tertiary/aromatic N) is 2. The van der Waals surface area contributed by atoms with Gasteiger partial charge in [0.2, 0.25) is 0 Å². The molecule has 0 aliphatic heterocycles. The van der Waals surface area contributed by atoms with Crippen LogP contribution in [0.5, 0.6) is 0 Å². The third-order valence-electron chi connectivity index (χ3n) is 3.99. The van der Waals surface area contributed by atoms with Crippen LogP contribution in [0.15, 0.2) is 6.07 Å². The summed E-state index contributed by atoms with van der Waals surface area (Å²) in [7, 11) is 0. The Morgan fingerprint density at radius 2 is 2.33 bits per heavy atom. The minimum Gasteiger partial charge on any atom is -0.368 e. The molecule has 0 amide bonds. The fourth-order valence-electron chi connectivity index (χ4n) is 2.53. The summed E-state index contributed by atoms with van der Waals surface area (Å²) >= 11 is 1.92. The number of fused-ring (bicyclic) bond motifs is 1. The molecule has 0 atom stereocenters. The summed E-state index contributed by atoms with van der Waals surface area (Å²) in [5.74, 6) is 0.790. The molecule has 18 heavy (non-hydrogen) atoms. The Morgan fingerprint density at radius 3 is 3.00 bits per heavy atom. The lowest BCUT2D eigenvalue weighted by Crippen LogP contribution is -2.19. The van der Waals surface area contributed by atoms with Crippen molar-refractivity contribution in [1.82, 2.24) is 4.98 Å². The van der Waals surface area contributed by atoms with Crippen LogP contribution in [-0.4, -0.2) is 22.5 Å². The smallest absolute Gasteiger partial charge is 0.144 e. The van der Waals surface area contributed by atoms with Crippen LogP contribution in [0, 0.1) is 11.3 Å². The van der Waals surface area contributed by atoms with E-state index in [4.69, 9.17) is 0 Å². The summed E-state index contributed by atoms with van der Waals surface area (Å²) in [5, 5.41) is 12.6. The molecule has 0 radical (unpaired) electrons. The standard InChI is InChI=1S/C14H17N3S/c1-18-14(5-6-14)9-16-13-11(8-15)7-10-3-2-4-12(10)17-13/h7H,2-6,9H2,1H3,(H,16,17). The highest BCUT2D eigenvalue weighted by atomic mass is 32.2. The second kappa shape index (κ2) is 4.47. The highest BCUT2D eigenvalue weighted by Gasteiger charge is 2.41. The van der Waals surface area contributed by atoms with Crippen LogP contribution in [0.25, 0.3) is 0 Å². The van der Waals surface area contributed by atoms with Gasteiger partial charge in [0.1, 0.15) is 11.9 Å². The van der Waals surface area contributed by atoms with E-state index in [2.05, 4.69) is 22.6 Å². The van der Waals surface area contributed by atoms with E-state index in [0.717, 1.165) is 25.2 Å². The predicted molar refractivity (Wildman–Crippen MR) is 74.9 cm³/mol. The van der Waals surface area contributed by atoms with Crippen molar-refractivity contribution in [3.05, 3.63) is 22.9 Å². The van der Waals surface area contributed by atoms with Crippen LogP contribution in [0.1, 0.15) is 36.1 Å². The second-order valence-electron chi connectivity index (χ2n) is 5.20. The molecule has 1 aromatic rings. The molecule has 0 unspecified atom stereocenters. The predicted octanol–water partition coefficient (Wildman–Crippen LogP) is 2.75. The zero-order valence-electron chi connectivity index (χ0n) is 10.6. The molecule has 1 saturated carbocycles. The van der Waals surface area contributed by atoms with Gasteiger partial charge in [0.05, 0.1) is 5.56 Å². The number of aryl methyl sites for hydroxylation is 2. The van der Waals surface area contributed by atoms with Gasteiger partial charge in [0.15, 0.2) is 0 Å². The van der Waals surface area contributed by atoms with Crippen LogP contribution < -0.4 is 5.32 Å². The van der Waals surface area contributed by atoms with E-state index in [-0.39, 0.29) is 0 Å². The minimum atomic E-state index is 0.396. The first-order valence-corrected chi connectivity index (χ1v) is 7.71. The Bertz CT molecular complexity index is 515. The van der Waals surface area contributed by atoms with Gasteiger partial charge >= 0.3 is 0 Å². The first-order chi connectivity index (χ1) is 8.76. The van der Waals surface area contributed by atoms with Crippen LogP contribution in [0.4, 0.5) is 5.82 Å². The Labute approximate surface area is 112 Å². The maximum absolute atomic E-state index is 9.22. The van der Waals surface area contributed by atoms with E-state index in [0.29, 0.717) is 10.3 Å². The van der Waals surface area contributed by atoms with Crippen molar-refractivity contribution in [3.63, 3.8) is 0 Å². The second-order valence-corrected chi connectivity index (χ2v) is 6.47. The third kappa shape index (κ3) is 2.08. The molecular weight excluding hydrogens is 242 g/mol. The number of thioether (sulfide) groups is 1. The van der Waals surface area contributed by atoms with Crippen molar-refractivity contribution in [3.8, 4) is 6.07 Å². The number of hydrogen-bond donors (Lipinski definition) is 1. The number of aromatic nitrogens is 1. The summed E-state index contributed by atoms with van der Waals surface area (Å²) < 4.78 is 0.396. The molecule has 1 fully saturated rings. The van der Waals surface area contributed by atoms with Gasteiger partial charge < -0.3 is 5.32 Å². The first-order valence-electron chi connectivity index (χ1n) is 6.48. The molecule has 0 spiro atoms. The molecule has 2 aliphatic rings. The van der Waals surface area contributed by atoms with Gasteiger partial charge in [-0.25, -0.2) is 4.98 Å². The number of hydrogen-bond acceptors (Lipinski definition) is 4. The molecule has 2 aliphatic carbocycles. The SMILES string of the molecule is CSC1(CNc2nc3c(cc2C#N)CCC3)CC1. The van der Waals surface area contributed by atoms with Crippen molar-refractivity contribution in [1.29, 1.82) is 5.26 Å². The van der Waals surface area contributed by atoms with Crippen molar-refractivity contribution in [2.45, 2.75) is 36.9 Å². The summed E-state index contributed by atoms with van der Waals surface area (Å²) in [4.78, 5) is 4.65. The molecule has 1 aromatic heterocycles. The Morgan fingerprint density at radius 1 is 1.50 bits per heavy atom. The van der Waals surface area contributed by atoms with Gasteiger partial charge in [-0.2, -0.15) is 17.0 Å². The van der Waals surface area contributed by atoms with Crippen LogP contribution in [-0.2, 0) is 12.8 Å². The molecule has 1 heterocycles. The van der Waals surface area contributed by atoms with Gasteiger partial charge in [0.25, 0.3) is 0 Å². The fourth-order valence-corrected chi connectivity index (χ4v) is 3.26. The summed E-state index contributed by atoms with van der Waals surface area (Å²) in [5.41, 5.74) is 3.15. The van der Waals surface area contributed by atoms with E-state index in [1.54, 1.807) is 0 Å². The van der Waals surface area contributed by atoms with E-state index in [1.165, 1.54) is 30.5 Å². The molecule has 3 rings (SSSR count). The van der Waals surface area contributed by atoms with E-state index in [9.17, 15) is 5.26 Å². The lowest BCUT2D eigenvalue weighted by atomic mass is 10.1. The number of pyridine rings is 1. The minimum absolute atomic E-state index is 0.396. The largest absolute Gasteiger partial charge is 0.368 e. The van der Waals surface area contributed by atoms with Crippen molar-refractivity contribution < 1.29 is 0 Å². The molecule has 0 aromatic carbocycles. The van der Waals surface area contributed by atoms with Gasteiger partial charge in [-0.3, -0.25) is 0 Å². The fraction of sp³-hybridized carbons (Fsp3) is 0.571. The van der Waals surface area contributed by atoms with Gasteiger partial charge in [-0.15, -0.1) is 0 Å². The average molecular weight is 259 g/mol. The molecule has 4 heteroatoms. The zero-order chi connectivity index (χ0) is 12.6. The topological polar surface area (TPSA) is 48.7 Å². The quantitative estimate of drug-likeness (QED) is 0.903. The molecule has 1 N–H and O–H groups in total. The summed E-state index contributed by atoms with van der Waals surface area (Å²) in [6, 6.07) is 4.29. The molecular formula is C14H17N3S. The van der Waals surface area contributed by atoms with Crippen LogP contribution in [0.2, 0.25) is 0 Å². The van der Waals surface area contributed by atoms with Gasteiger partial charge in [-0.1, -0.05) is 0 Å².